The lowest BCUT2D eigenvalue weighted by Gasteiger charge is -2.21. The number of rotatable bonds is 5. The summed E-state index contributed by atoms with van der Waals surface area (Å²) in [5.74, 6) is -0.406. The van der Waals surface area contributed by atoms with Crippen LogP contribution in [0.5, 0.6) is 0 Å². The van der Waals surface area contributed by atoms with Crippen molar-refractivity contribution in [3.05, 3.63) is 11.6 Å². The fourth-order valence-electron chi connectivity index (χ4n) is 1.90. The SMILES string of the molecule is CCN(CC(C)C#N)S(=O)(=O)c1c(N)nc2sccn12. The smallest absolute Gasteiger partial charge is 0.262 e. The maximum Gasteiger partial charge on any atom is 0.262 e. The molecule has 108 valence electrons. The number of aromatic nitrogens is 2. The van der Waals surface area contributed by atoms with Gasteiger partial charge in [0.05, 0.1) is 12.0 Å². The number of nitrogen functional groups attached to an aromatic ring is 1. The molecule has 0 aliphatic heterocycles. The highest BCUT2D eigenvalue weighted by Crippen LogP contribution is 2.26. The molecular formula is C11H15N5O2S2. The largest absolute Gasteiger partial charge is 0.381 e. The second kappa shape index (κ2) is 5.40. The first kappa shape index (κ1) is 14.8. The molecule has 20 heavy (non-hydrogen) atoms. The lowest BCUT2D eigenvalue weighted by atomic mass is 10.2. The van der Waals surface area contributed by atoms with Crippen LogP contribution in [0.4, 0.5) is 5.82 Å². The van der Waals surface area contributed by atoms with Crippen LogP contribution in [0.2, 0.25) is 0 Å². The molecule has 0 aliphatic rings. The highest BCUT2D eigenvalue weighted by molar-refractivity contribution is 7.89. The van der Waals surface area contributed by atoms with Gasteiger partial charge in [0.1, 0.15) is 0 Å². The van der Waals surface area contributed by atoms with Gasteiger partial charge in [-0.2, -0.15) is 9.57 Å². The second-order valence-corrected chi connectivity index (χ2v) is 7.07. The Morgan fingerprint density at radius 3 is 2.95 bits per heavy atom. The molecule has 2 aromatic rings. The van der Waals surface area contributed by atoms with Crippen LogP contribution in [0.25, 0.3) is 4.96 Å². The Labute approximate surface area is 121 Å². The number of anilines is 1. The van der Waals surface area contributed by atoms with E-state index < -0.39 is 15.9 Å². The van der Waals surface area contributed by atoms with Crippen molar-refractivity contribution >= 4 is 32.1 Å². The molecule has 0 saturated heterocycles. The number of nitrogens with two attached hydrogens (primary N) is 1. The summed E-state index contributed by atoms with van der Waals surface area (Å²) in [5, 5.41) is 10.6. The third-order valence-corrected chi connectivity index (χ3v) is 5.62. The predicted octanol–water partition coefficient (Wildman–Crippen LogP) is 1.15. The molecule has 1 atom stereocenters. The summed E-state index contributed by atoms with van der Waals surface area (Å²) in [6.45, 7) is 3.80. The predicted molar refractivity (Wildman–Crippen MR) is 76.7 cm³/mol. The van der Waals surface area contributed by atoms with Gasteiger partial charge in [0.2, 0.25) is 0 Å². The van der Waals surface area contributed by atoms with Crippen molar-refractivity contribution in [3.63, 3.8) is 0 Å². The van der Waals surface area contributed by atoms with Gasteiger partial charge in [0.15, 0.2) is 15.8 Å². The molecule has 2 rings (SSSR count). The summed E-state index contributed by atoms with van der Waals surface area (Å²) in [6.07, 6.45) is 1.62. The Kier molecular flexibility index (Phi) is 3.99. The van der Waals surface area contributed by atoms with E-state index in [2.05, 4.69) is 4.98 Å². The summed E-state index contributed by atoms with van der Waals surface area (Å²) in [6, 6.07) is 2.04. The normalized spacial score (nSPS) is 13.7. The topological polar surface area (TPSA) is 104 Å². The second-order valence-electron chi connectivity index (χ2n) is 4.34. The maximum atomic E-state index is 12.7. The molecule has 0 spiro atoms. The van der Waals surface area contributed by atoms with Gasteiger partial charge in [-0.15, -0.1) is 11.3 Å². The van der Waals surface area contributed by atoms with E-state index in [0.717, 1.165) is 0 Å². The zero-order chi connectivity index (χ0) is 14.9. The summed E-state index contributed by atoms with van der Waals surface area (Å²) >= 11 is 1.31. The van der Waals surface area contributed by atoms with Crippen molar-refractivity contribution < 1.29 is 8.42 Å². The van der Waals surface area contributed by atoms with Gasteiger partial charge < -0.3 is 5.73 Å². The number of hydrogen-bond acceptors (Lipinski definition) is 6. The van der Waals surface area contributed by atoms with Crippen molar-refractivity contribution in [3.8, 4) is 6.07 Å². The molecule has 0 saturated carbocycles. The monoisotopic (exact) mass is 313 g/mol. The standard InChI is InChI=1S/C11H15N5O2S2/c1-3-15(7-8(2)6-12)20(17,18)10-9(13)14-11-16(10)4-5-19-11/h4-5,8H,3,7,13H2,1-2H3. The quantitative estimate of drug-likeness (QED) is 0.891. The van der Waals surface area contributed by atoms with E-state index in [1.54, 1.807) is 25.4 Å². The number of sulfonamides is 1. The first-order valence-corrected chi connectivity index (χ1v) is 8.34. The Bertz CT molecular complexity index is 755. The van der Waals surface area contributed by atoms with Gasteiger partial charge in [0.25, 0.3) is 10.0 Å². The van der Waals surface area contributed by atoms with Crippen molar-refractivity contribution in [2.45, 2.75) is 18.9 Å². The molecule has 0 bridgehead atoms. The number of nitrogens with zero attached hydrogens (tertiary/aromatic N) is 4. The molecule has 0 aliphatic carbocycles. The highest BCUT2D eigenvalue weighted by atomic mass is 32.2. The van der Waals surface area contributed by atoms with Crippen LogP contribution in [0.1, 0.15) is 13.8 Å². The molecule has 2 heterocycles. The van der Waals surface area contributed by atoms with Crippen LogP contribution >= 0.6 is 11.3 Å². The molecule has 7 nitrogen and oxygen atoms in total. The lowest BCUT2D eigenvalue weighted by Crippen LogP contribution is -2.35. The maximum absolute atomic E-state index is 12.7. The summed E-state index contributed by atoms with van der Waals surface area (Å²) in [5.41, 5.74) is 5.74. The van der Waals surface area contributed by atoms with E-state index >= 15 is 0 Å². The van der Waals surface area contributed by atoms with Crippen molar-refractivity contribution in [1.82, 2.24) is 13.7 Å². The van der Waals surface area contributed by atoms with E-state index in [4.69, 9.17) is 11.0 Å². The highest BCUT2D eigenvalue weighted by Gasteiger charge is 2.31. The van der Waals surface area contributed by atoms with Crippen LogP contribution in [0, 0.1) is 17.2 Å². The van der Waals surface area contributed by atoms with E-state index in [0.29, 0.717) is 4.96 Å². The van der Waals surface area contributed by atoms with Gasteiger partial charge in [-0.1, -0.05) is 6.92 Å². The number of imidazole rings is 1. The van der Waals surface area contributed by atoms with Gasteiger partial charge in [-0.3, -0.25) is 4.40 Å². The first-order chi connectivity index (χ1) is 9.41. The van der Waals surface area contributed by atoms with Crippen LogP contribution in [-0.2, 0) is 10.0 Å². The third kappa shape index (κ3) is 2.37. The summed E-state index contributed by atoms with van der Waals surface area (Å²) in [4.78, 5) is 4.58. The Morgan fingerprint density at radius 2 is 2.35 bits per heavy atom. The minimum absolute atomic E-state index is 0.0140. The van der Waals surface area contributed by atoms with E-state index in [-0.39, 0.29) is 23.9 Å². The van der Waals surface area contributed by atoms with E-state index in [1.165, 1.54) is 20.0 Å². The first-order valence-electron chi connectivity index (χ1n) is 6.02. The number of fused-ring (bicyclic) bond motifs is 1. The molecule has 0 fully saturated rings. The Balaban J connectivity index is 2.50. The average molecular weight is 313 g/mol. The molecule has 2 aromatic heterocycles. The molecule has 9 heteroatoms. The molecular weight excluding hydrogens is 298 g/mol. The molecule has 0 aromatic carbocycles. The van der Waals surface area contributed by atoms with Crippen molar-refractivity contribution in [2.75, 3.05) is 18.8 Å². The van der Waals surface area contributed by atoms with E-state index in [9.17, 15) is 8.42 Å². The molecule has 0 radical (unpaired) electrons. The average Bonchev–Trinajstić information content (AvgIpc) is 2.94. The number of nitriles is 1. The minimum Gasteiger partial charge on any atom is -0.381 e. The zero-order valence-electron chi connectivity index (χ0n) is 11.1. The fraction of sp³-hybridized carbons (Fsp3) is 0.455. The zero-order valence-corrected chi connectivity index (χ0v) is 12.8. The number of hydrogen-bond donors (Lipinski definition) is 1. The van der Waals surface area contributed by atoms with Gasteiger partial charge in [-0.05, 0) is 6.92 Å². The van der Waals surface area contributed by atoms with Gasteiger partial charge >= 0.3 is 0 Å². The lowest BCUT2D eigenvalue weighted by molar-refractivity contribution is 0.398. The van der Waals surface area contributed by atoms with Gasteiger partial charge in [0, 0.05) is 24.7 Å². The van der Waals surface area contributed by atoms with Gasteiger partial charge in [-0.25, -0.2) is 13.4 Å². The van der Waals surface area contributed by atoms with Crippen LogP contribution in [0.15, 0.2) is 16.6 Å². The Hall–Kier alpha value is -1.63. The van der Waals surface area contributed by atoms with Crippen LogP contribution < -0.4 is 5.73 Å². The molecule has 0 amide bonds. The van der Waals surface area contributed by atoms with E-state index in [1.807, 2.05) is 6.07 Å². The van der Waals surface area contributed by atoms with Crippen LogP contribution in [-0.4, -0.2) is 35.2 Å². The fourth-order valence-corrected chi connectivity index (χ4v) is 4.39. The molecule has 1 unspecified atom stereocenters. The van der Waals surface area contributed by atoms with Crippen LogP contribution in [0.3, 0.4) is 0 Å². The Morgan fingerprint density at radius 1 is 1.65 bits per heavy atom. The molecule has 2 N–H and O–H groups in total. The van der Waals surface area contributed by atoms with Crippen molar-refractivity contribution in [1.29, 1.82) is 5.26 Å². The summed E-state index contributed by atoms with van der Waals surface area (Å²) < 4.78 is 28.1. The number of thiazole rings is 1. The van der Waals surface area contributed by atoms with Crippen molar-refractivity contribution in [2.24, 2.45) is 5.92 Å². The summed E-state index contributed by atoms with van der Waals surface area (Å²) in [7, 11) is -3.78. The minimum atomic E-state index is -3.78. The third-order valence-electron chi connectivity index (χ3n) is 2.88.